The Hall–Kier alpha value is -4.53. The van der Waals surface area contributed by atoms with E-state index in [2.05, 4.69) is 10.6 Å². The van der Waals surface area contributed by atoms with Crippen LogP contribution in [0.25, 0.3) is 0 Å². The van der Waals surface area contributed by atoms with Gasteiger partial charge in [-0.25, -0.2) is 4.79 Å². The van der Waals surface area contributed by atoms with Crippen molar-refractivity contribution in [1.29, 1.82) is 0 Å². The van der Waals surface area contributed by atoms with Crippen LogP contribution in [0, 0.1) is 0 Å². The molecule has 3 aromatic rings. The molecule has 1 heterocycles. The van der Waals surface area contributed by atoms with Gasteiger partial charge in [0.05, 0.1) is 14.2 Å². The van der Waals surface area contributed by atoms with E-state index in [0.717, 1.165) is 5.56 Å². The number of amides is 3. The number of hydrogen-bond donors (Lipinski definition) is 2. The van der Waals surface area contributed by atoms with Gasteiger partial charge >= 0.3 is 6.09 Å². The molecule has 1 aliphatic rings. The average molecular weight is 518 g/mol. The lowest BCUT2D eigenvalue weighted by Crippen LogP contribution is -2.48. The number of carbonyl (C=O) groups excluding carboxylic acids is 3. The Labute approximate surface area is 221 Å². The maximum Gasteiger partial charge on any atom is 0.410 e. The van der Waals surface area contributed by atoms with Crippen LogP contribution in [0.3, 0.4) is 0 Å². The molecule has 2 atom stereocenters. The van der Waals surface area contributed by atoms with Crippen LogP contribution in [0.2, 0.25) is 0 Å². The third-order valence-corrected chi connectivity index (χ3v) is 6.35. The van der Waals surface area contributed by atoms with Crippen LogP contribution in [0.1, 0.15) is 30.0 Å². The number of hydrogen-bond acceptors (Lipinski definition) is 6. The molecule has 0 saturated carbocycles. The highest BCUT2D eigenvalue weighted by Gasteiger charge is 2.37. The Morgan fingerprint density at radius 1 is 0.895 bits per heavy atom. The Bertz CT molecular complexity index is 1230. The van der Waals surface area contributed by atoms with Gasteiger partial charge in [-0.05, 0) is 60.4 Å². The highest BCUT2D eigenvalue weighted by molar-refractivity contribution is 5.99. The van der Waals surface area contributed by atoms with Crippen molar-refractivity contribution < 1.29 is 28.6 Å². The van der Waals surface area contributed by atoms with Crippen LogP contribution in [-0.2, 0) is 20.9 Å². The molecule has 1 aliphatic heterocycles. The molecule has 1 saturated heterocycles. The molecule has 4 rings (SSSR count). The zero-order chi connectivity index (χ0) is 26.9. The standard InChI is InChI=1S/C29H31N3O6/c1-36-23-14-10-21(11-15-23)26(28(34)30-22-12-16-24(37-2)17-13-22)31-27(33)25-9-6-18-32(25)29(35)38-19-20-7-4-3-5-8-20/h3-5,7-8,10-17,25-26H,6,9,18-19H2,1-2H3,(H,30,34)(H,31,33). The lowest BCUT2D eigenvalue weighted by Gasteiger charge is -2.26. The van der Waals surface area contributed by atoms with Crippen LogP contribution in [-0.4, -0.2) is 49.6 Å². The van der Waals surface area contributed by atoms with Gasteiger partial charge in [-0.15, -0.1) is 0 Å². The molecule has 3 amide bonds. The zero-order valence-electron chi connectivity index (χ0n) is 21.4. The minimum Gasteiger partial charge on any atom is -0.497 e. The first-order valence-electron chi connectivity index (χ1n) is 12.3. The summed E-state index contributed by atoms with van der Waals surface area (Å²) in [4.78, 5) is 41.0. The second-order valence-corrected chi connectivity index (χ2v) is 8.82. The normalized spacial score (nSPS) is 15.3. The fourth-order valence-electron chi connectivity index (χ4n) is 4.28. The SMILES string of the molecule is COc1ccc(NC(=O)C(NC(=O)C2CCCN2C(=O)OCc2ccccc2)c2ccc(OC)cc2)cc1. The number of rotatable bonds is 9. The van der Waals surface area contributed by atoms with Gasteiger partial charge < -0.3 is 24.8 Å². The summed E-state index contributed by atoms with van der Waals surface area (Å²) in [5, 5.41) is 5.69. The van der Waals surface area contributed by atoms with Crippen molar-refractivity contribution in [3.63, 3.8) is 0 Å². The van der Waals surface area contributed by atoms with Gasteiger partial charge in [0.15, 0.2) is 0 Å². The van der Waals surface area contributed by atoms with Crippen molar-refractivity contribution in [2.24, 2.45) is 0 Å². The van der Waals surface area contributed by atoms with Crippen LogP contribution in [0.15, 0.2) is 78.9 Å². The van der Waals surface area contributed by atoms with Gasteiger partial charge in [0.2, 0.25) is 5.91 Å². The number of methoxy groups -OCH3 is 2. The number of ether oxygens (including phenoxy) is 3. The number of nitrogens with one attached hydrogen (secondary N) is 2. The summed E-state index contributed by atoms with van der Waals surface area (Å²) < 4.78 is 15.9. The monoisotopic (exact) mass is 517 g/mol. The predicted octanol–water partition coefficient (Wildman–Crippen LogP) is 4.30. The van der Waals surface area contributed by atoms with Gasteiger partial charge in [-0.1, -0.05) is 42.5 Å². The van der Waals surface area contributed by atoms with Crippen molar-refractivity contribution in [1.82, 2.24) is 10.2 Å². The molecule has 0 aromatic heterocycles. The molecule has 198 valence electrons. The van der Waals surface area contributed by atoms with Gasteiger partial charge in [-0.3, -0.25) is 14.5 Å². The molecule has 0 spiro atoms. The molecule has 0 radical (unpaired) electrons. The Balaban J connectivity index is 1.47. The van der Waals surface area contributed by atoms with Crippen LogP contribution >= 0.6 is 0 Å². The topological polar surface area (TPSA) is 106 Å². The third kappa shape index (κ3) is 6.61. The summed E-state index contributed by atoms with van der Waals surface area (Å²) in [6.07, 6.45) is 0.570. The predicted molar refractivity (Wildman–Crippen MR) is 142 cm³/mol. The van der Waals surface area contributed by atoms with Crippen molar-refractivity contribution in [3.05, 3.63) is 90.0 Å². The molecule has 0 aliphatic carbocycles. The Morgan fingerprint density at radius 3 is 2.16 bits per heavy atom. The van der Waals surface area contributed by atoms with Crippen molar-refractivity contribution in [2.45, 2.75) is 31.5 Å². The zero-order valence-corrected chi connectivity index (χ0v) is 21.4. The van der Waals surface area contributed by atoms with Crippen molar-refractivity contribution in [3.8, 4) is 11.5 Å². The van der Waals surface area contributed by atoms with E-state index >= 15 is 0 Å². The lowest BCUT2D eigenvalue weighted by atomic mass is 10.0. The number of nitrogens with zero attached hydrogens (tertiary/aromatic N) is 1. The minimum absolute atomic E-state index is 0.114. The molecule has 38 heavy (non-hydrogen) atoms. The second-order valence-electron chi connectivity index (χ2n) is 8.82. The summed E-state index contributed by atoms with van der Waals surface area (Å²) in [6, 6.07) is 21.4. The lowest BCUT2D eigenvalue weighted by molar-refractivity contribution is -0.129. The summed E-state index contributed by atoms with van der Waals surface area (Å²) >= 11 is 0. The maximum absolute atomic E-state index is 13.4. The van der Waals surface area contributed by atoms with Crippen LogP contribution in [0.5, 0.6) is 11.5 Å². The fraction of sp³-hybridized carbons (Fsp3) is 0.276. The highest BCUT2D eigenvalue weighted by Crippen LogP contribution is 2.24. The summed E-state index contributed by atoms with van der Waals surface area (Å²) in [5.74, 6) is 0.427. The van der Waals surface area contributed by atoms with E-state index in [4.69, 9.17) is 14.2 Å². The average Bonchev–Trinajstić information content (AvgIpc) is 3.46. The molecule has 3 aromatic carbocycles. The number of benzene rings is 3. The van der Waals surface area contributed by atoms with E-state index in [-0.39, 0.29) is 6.61 Å². The molecule has 9 nitrogen and oxygen atoms in total. The molecule has 9 heteroatoms. The van der Waals surface area contributed by atoms with E-state index in [1.165, 1.54) is 4.90 Å². The highest BCUT2D eigenvalue weighted by atomic mass is 16.6. The first-order chi connectivity index (χ1) is 18.5. The van der Waals surface area contributed by atoms with E-state index < -0.39 is 30.0 Å². The van der Waals surface area contributed by atoms with Gasteiger partial charge in [-0.2, -0.15) is 0 Å². The molecular weight excluding hydrogens is 486 g/mol. The summed E-state index contributed by atoms with van der Waals surface area (Å²) in [6.45, 7) is 0.514. The smallest absolute Gasteiger partial charge is 0.410 e. The molecule has 1 fully saturated rings. The van der Waals surface area contributed by atoms with E-state index in [9.17, 15) is 14.4 Å². The second kappa shape index (κ2) is 12.6. The molecular formula is C29H31N3O6. The van der Waals surface area contributed by atoms with E-state index in [0.29, 0.717) is 42.1 Å². The van der Waals surface area contributed by atoms with Gasteiger partial charge in [0.1, 0.15) is 30.2 Å². The first-order valence-corrected chi connectivity index (χ1v) is 12.3. The van der Waals surface area contributed by atoms with Crippen molar-refractivity contribution in [2.75, 3.05) is 26.1 Å². The third-order valence-electron chi connectivity index (χ3n) is 6.35. The number of likely N-dealkylation sites (tertiary alicyclic amines) is 1. The molecule has 2 N–H and O–H groups in total. The quantitative estimate of drug-likeness (QED) is 0.438. The van der Waals surface area contributed by atoms with Crippen LogP contribution < -0.4 is 20.1 Å². The fourth-order valence-corrected chi connectivity index (χ4v) is 4.28. The summed E-state index contributed by atoms with van der Waals surface area (Å²) in [7, 11) is 3.11. The van der Waals surface area contributed by atoms with Gasteiger partial charge in [0, 0.05) is 12.2 Å². The van der Waals surface area contributed by atoms with E-state index in [1.54, 1.807) is 62.8 Å². The molecule has 0 bridgehead atoms. The maximum atomic E-state index is 13.4. The van der Waals surface area contributed by atoms with E-state index in [1.807, 2.05) is 30.3 Å². The van der Waals surface area contributed by atoms with Crippen LogP contribution in [0.4, 0.5) is 10.5 Å². The molecule has 2 unspecified atom stereocenters. The van der Waals surface area contributed by atoms with Crippen molar-refractivity contribution >= 4 is 23.6 Å². The largest absolute Gasteiger partial charge is 0.497 e. The first kappa shape index (κ1) is 26.5. The minimum atomic E-state index is -1.00. The number of carbonyl (C=O) groups is 3. The Morgan fingerprint density at radius 2 is 1.53 bits per heavy atom. The number of anilines is 1. The Kier molecular flexibility index (Phi) is 8.81. The van der Waals surface area contributed by atoms with Gasteiger partial charge in [0.25, 0.3) is 5.91 Å². The summed E-state index contributed by atoms with van der Waals surface area (Å²) in [5.41, 5.74) is 1.98.